The molecule has 0 amide bonds. The molecule has 0 bridgehead atoms. The van der Waals surface area contributed by atoms with Crippen molar-refractivity contribution in [1.82, 2.24) is 10.6 Å². The fourth-order valence-electron chi connectivity index (χ4n) is 2.29. The third-order valence-electron chi connectivity index (χ3n) is 3.83. The Bertz CT molecular complexity index is 502. The summed E-state index contributed by atoms with van der Waals surface area (Å²) in [5.74, 6) is 3.35. The van der Waals surface area contributed by atoms with E-state index in [0.717, 1.165) is 41.9 Å². The van der Waals surface area contributed by atoms with Crippen LogP contribution in [0.2, 0.25) is 0 Å². The van der Waals surface area contributed by atoms with E-state index >= 15 is 0 Å². The van der Waals surface area contributed by atoms with Gasteiger partial charge in [0.05, 0.1) is 14.2 Å². The Labute approximate surface area is 126 Å². The molecule has 1 aliphatic carbocycles. The van der Waals surface area contributed by atoms with Crippen LogP contribution >= 0.6 is 0 Å². The van der Waals surface area contributed by atoms with Gasteiger partial charge in [-0.1, -0.05) is 6.92 Å². The summed E-state index contributed by atoms with van der Waals surface area (Å²) in [6.45, 7) is 3.04. The number of hydrogen-bond acceptors (Lipinski definition) is 3. The lowest BCUT2D eigenvalue weighted by Crippen LogP contribution is -2.39. The van der Waals surface area contributed by atoms with Gasteiger partial charge in [0.2, 0.25) is 0 Å². The highest BCUT2D eigenvalue weighted by Gasteiger charge is 2.33. The number of hydrogen-bond donors (Lipinski definition) is 2. The Morgan fingerprint density at radius 2 is 2.10 bits per heavy atom. The molecule has 2 atom stereocenters. The van der Waals surface area contributed by atoms with E-state index < -0.39 is 0 Å². The minimum Gasteiger partial charge on any atom is -0.497 e. The summed E-state index contributed by atoms with van der Waals surface area (Å²) >= 11 is 0. The second kappa shape index (κ2) is 7.20. The van der Waals surface area contributed by atoms with Crippen LogP contribution in [0.3, 0.4) is 0 Å². The molecule has 0 saturated heterocycles. The van der Waals surface area contributed by atoms with Crippen LogP contribution in [0.5, 0.6) is 11.5 Å². The summed E-state index contributed by atoms with van der Waals surface area (Å²) in [6.07, 6.45) is 2.08. The molecule has 116 valence electrons. The van der Waals surface area contributed by atoms with E-state index in [9.17, 15) is 0 Å². The molecule has 2 unspecified atom stereocenters. The van der Waals surface area contributed by atoms with Gasteiger partial charge in [0, 0.05) is 19.6 Å². The van der Waals surface area contributed by atoms with Crippen molar-refractivity contribution in [1.29, 1.82) is 0 Å². The Balaban J connectivity index is 1.87. The fourth-order valence-corrected chi connectivity index (χ4v) is 2.29. The van der Waals surface area contributed by atoms with Gasteiger partial charge in [-0.3, -0.25) is 4.99 Å². The summed E-state index contributed by atoms with van der Waals surface area (Å²) < 4.78 is 10.7. The molecule has 1 fully saturated rings. The largest absolute Gasteiger partial charge is 0.497 e. The van der Waals surface area contributed by atoms with Crippen LogP contribution in [0.4, 0.5) is 0 Å². The van der Waals surface area contributed by atoms with Gasteiger partial charge in [-0.05, 0) is 42.5 Å². The lowest BCUT2D eigenvalue weighted by atomic mass is 10.1. The minimum atomic E-state index is 0.572. The molecular weight excluding hydrogens is 266 g/mol. The number of benzene rings is 1. The van der Waals surface area contributed by atoms with Gasteiger partial charge in [0.1, 0.15) is 11.5 Å². The molecule has 5 heteroatoms. The Morgan fingerprint density at radius 1 is 1.33 bits per heavy atom. The number of methoxy groups -OCH3 is 2. The van der Waals surface area contributed by atoms with Gasteiger partial charge < -0.3 is 20.1 Å². The summed E-state index contributed by atoms with van der Waals surface area (Å²) in [5, 5.41) is 6.75. The van der Waals surface area contributed by atoms with Crippen LogP contribution in [0, 0.1) is 5.92 Å². The number of aliphatic imine (C=N–C) groups is 1. The zero-order valence-electron chi connectivity index (χ0n) is 13.3. The summed E-state index contributed by atoms with van der Waals surface area (Å²) in [5.41, 5.74) is 1.12. The average Bonchev–Trinajstić information content (AvgIpc) is 3.21. The molecule has 0 aromatic heterocycles. The molecule has 0 aliphatic heterocycles. The van der Waals surface area contributed by atoms with Crippen molar-refractivity contribution >= 4 is 5.96 Å². The maximum atomic E-state index is 5.39. The SMILES string of the molecule is CN=C(NCCc1cc(OC)ccc1OC)NC1CC1C. The van der Waals surface area contributed by atoms with Gasteiger partial charge >= 0.3 is 0 Å². The summed E-state index contributed by atoms with van der Waals surface area (Å²) in [7, 11) is 5.16. The Hall–Kier alpha value is -1.91. The highest BCUT2D eigenvalue weighted by molar-refractivity contribution is 5.80. The lowest BCUT2D eigenvalue weighted by molar-refractivity contribution is 0.398. The first kappa shape index (κ1) is 15.5. The average molecular weight is 291 g/mol. The highest BCUT2D eigenvalue weighted by atomic mass is 16.5. The first-order chi connectivity index (χ1) is 10.2. The van der Waals surface area contributed by atoms with Crippen molar-refractivity contribution in [2.24, 2.45) is 10.9 Å². The summed E-state index contributed by atoms with van der Waals surface area (Å²) in [6, 6.07) is 6.43. The molecule has 1 aromatic rings. The molecule has 1 aromatic carbocycles. The molecule has 0 radical (unpaired) electrons. The molecule has 0 heterocycles. The third-order valence-corrected chi connectivity index (χ3v) is 3.83. The fraction of sp³-hybridized carbons (Fsp3) is 0.562. The Morgan fingerprint density at radius 3 is 2.67 bits per heavy atom. The van der Waals surface area contributed by atoms with Crippen molar-refractivity contribution in [2.75, 3.05) is 27.8 Å². The van der Waals surface area contributed by atoms with Crippen LogP contribution in [0.25, 0.3) is 0 Å². The predicted octanol–water partition coefficient (Wildman–Crippen LogP) is 1.82. The lowest BCUT2D eigenvalue weighted by Gasteiger charge is -2.13. The predicted molar refractivity (Wildman–Crippen MR) is 85.3 cm³/mol. The molecule has 0 spiro atoms. The van der Waals surface area contributed by atoms with Crippen molar-refractivity contribution < 1.29 is 9.47 Å². The quantitative estimate of drug-likeness (QED) is 0.620. The Kier molecular flexibility index (Phi) is 5.31. The topological polar surface area (TPSA) is 54.9 Å². The molecule has 2 N–H and O–H groups in total. The number of ether oxygens (including phenoxy) is 2. The number of guanidine groups is 1. The maximum absolute atomic E-state index is 5.39. The molecule has 1 saturated carbocycles. The highest BCUT2D eigenvalue weighted by Crippen LogP contribution is 2.28. The molecule has 1 aliphatic rings. The first-order valence-electron chi connectivity index (χ1n) is 7.36. The van der Waals surface area contributed by atoms with E-state index in [4.69, 9.17) is 9.47 Å². The van der Waals surface area contributed by atoms with Crippen LogP contribution in [0.15, 0.2) is 23.2 Å². The zero-order chi connectivity index (χ0) is 15.2. The molecular formula is C16H25N3O2. The second-order valence-corrected chi connectivity index (χ2v) is 5.39. The van der Waals surface area contributed by atoms with Crippen LogP contribution in [0.1, 0.15) is 18.9 Å². The van der Waals surface area contributed by atoms with E-state index in [0.29, 0.717) is 6.04 Å². The smallest absolute Gasteiger partial charge is 0.191 e. The van der Waals surface area contributed by atoms with Gasteiger partial charge in [-0.15, -0.1) is 0 Å². The van der Waals surface area contributed by atoms with Gasteiger partial charge in [0.25, 0.3) is 0 Å². The van der Waals surface area contributed by atoms with Gasteiger partial charge in [-0.25, -0.2) is 0 Å². The van der Waals surface area contributed by atoms with Gasteiger partial charge in [0.15, 0.2) is 5.96 Å². The molecule has 5 nitrogen and oxygen atoms in total. The zero-order valence-corrected chi connectivity index (χ0v) is 13.3. The van der Waals surface area contributed by atoms with E-state index in [1.54, 1.807) is 21.3 Å². The van der Waals surface area contributed by atoms with E-state index in [1.165, 1.54) is 6.42 Å². The standard InChI is InChI=1S/C16H25N3O2/c1-11-9-14(11)19-16(17-2)18-8-7-12-10-13(20-3)5-6-15(12)21-4/h5-6,10-11,14H,7-9H2,1-4H3,(H2,17,18,19). The third kappa shape index (κ3) is 4.28. The number of nitrogens with zero attached hydrogens (tertiary/aromatic N) is 1. The maximum Gasteiger partial charge on any atom is 0.191 e. The van der Waals surface area contributed by atoms with Crippen molar-refractivity contribution in [3.63, 3.8) is 0 Å². The first-order valence-corrected chi connectivity index (χ1v) is 7.36. The van der Waals surface area contributed by atoms with Crippen LogP contribution < -0.4 is 20.1 Å². The summed E-state index contributed by atoms with van der Waals surface area (Å²) in [4.78, 5) is 4.25. The molecule has 21 heavy (non-hydrogen) atoms. The van der Waals surface area contributed by atoms with Crippen LogP contribution in [-0.2, 0) is 6.42 Å². The monoisotopic (exact) mass is 291 g/mol. The van der Waals surface area contributed by atoms with Crippen molar-refractivity contribution in [2.45, 2.75) is 25.8 Å². The van der Waals surface area contributed by atoms with Crippen molar-refractivity contribution in [3.8, 4) is 11.5 Å². The minimum absolute atomic E-state index is 0.572. The van der Waals surface area contributed by atoms with Gasteiger partial charge in [-0.2, -0.15) is 0 Å². The van der Waals surface area contributed by atoms with E-state index in [-0.39, 0.29) is 0 Å². The number of nitrogens with one attached hydrogen (secondary N) is 2. The van der Waals surface area contributed by atoms with Crippen molar-refractivity contribution in [3.05, 3.63) is 23.8 Å². The number of rotatable bonds is 6. The normalized spacial score (nSPS) is 20.9. The molecule has 2 rings (SSSR count). The second-order valence-electron chi connectivity index (χ2n) is 5.39. The van der Waals surface area contributed by atoms with E-state index in [1.807, 2.05) is 18.2 Å². The van der Waals surface area contributed by atoms with E-state index in [2.05, 4.69) is 22.5 Å². The van der Waals surface area contributed by atoms with Crippen LogP contribution in [-0.4, -0.2) is 39.8 Å².